The molecule has 4 heteroatoms. The van der Waals surface area contributed by atoms with E-state index in [1.807, 2.05) is 12.1 Å². The molecule has 0 radical (unpaired) electrons. The zero-order valence-corrected chi connectivity index (χ0v) is 9.31. The van der Waals surface area contributed by atoms with Gasteiger partial charge in [0, 0.05) is 30.0 Å². The Morgan fingerprint density at radius 3 is 2.87 bits per heavy atom. The molecule has 1 aromatic heterocycles. The fourth-order valence-corrected chi connectivity index (χ4v) is 2.33. The molecule has 1 heterocycles. The van der Waals surface area contributed by atoms with Crippen LogP contribution < -0.4 is 5.32 Å². The molecule has 1 aromatic rings. The Balaban J connectivity index is 1.76. The molecular formula is C11H14N2OS. The standard InChI is InChI=1S/C11H14N2OS/c12-5-9-1-2-10(15-9)6-13-7-11(8-14)3-4-11/h1-2,13-14H,3-4,6-8H2. The largest absolute Gasteiger partial charge is 0.396 e. The smallest absolute Gasteiger partial charge is 0.110 e. The van der Waals surface area contributed by atoms with Gasteiger partial charge in [0.15, 0.2) is 0 Å². The Bertz CT molecular complexity index is 376. The third kappa shape index (κ3) is 2.57. The summed E-state index contributed by atoms with van der Waals surface area (Å²) in [5.74, 6) is 0. The topological polar surface area (TPSA) is 56.0 Å². The van der Waals surface area contributed by atoms with E-state index >= 15 is 0 Å². The van der Waals surface area contributed by atoms with Gasteiger partial charge >= 0.3 is 0 Å². The first-order valence-corrected chi connectivity index (χ1v) is 5.90. The third-order valence-electron chi connectivity index (χ3n) is 2.86. The van der Waals surface area contributed by atoms with Crippen molar-refractivity contribution in [3.05, 3.63) is 21.9 Å². The molecule has 0 unspecified atom stereocenters. The van der Waals surface area contributed by atoms with Crippen LogP contribution in [0.2, 0.25) is 0 Å². The summed E-state index contributed by atoms with van der Waals surface area (Å²) in [5, 5.41) is 21.1. The maximum atomic E-state index is 9.12. The zero-order chi connectivity index (χ0) is 10.7. The SMILES string of the molecule is N#Cc1ccc(CNCC2(CO)CC2)s1. The fourth-order valence-electron chi connectivity index (χ4n) is 1.55. The Kier molecular flexibility index (Phi) is 3.06. The first-order valence-electron chi connectivity index (χ1n) is 5.08. The van der Waals surface area contributed by atoms with Crippen molar-refractivity contribution in [2.45, 2.75) is 19.4 Å². The fraction of sp³-hybridized carbons (Fsp3) is 0.545. The molecule has 15 heavy (non-hydrogen) atoms. The van der Waals surface area contributed by atoms with Crippen LogP contribution in [0, 0.1) is 16.7 Å². The van der Waals surface area contributed by atoms with Gasteiger partial charge in [-0.25, -0.2) is 0 Å². The van der Waals surface area contributed by atoms with Crippen molar-refractivity contribution in [3.8, 4) is 6.07 Å². The van der Waals surface area contributed by atoms with Gasteiger partial charge in [-0.2, -0.15) is 5.26 Å². The highest BCUT2D eigenvalue weighted by Gasteiger charge is 2.41. The summed E-state index contributed by atoms with van der Waals surface area (Å²) in [7, 11) is 0. The van der Waals surface area contributed by atoms with Gasteiger partial charge in [-0.1, -0.05) is 0 Å². The van der Waals surface area contributed by atoms with Crippen LogP contribution in [0.4, 0.5) is 0 Å². The second-order valence-electron chi connectivity index (χ2n) is 4.14. The minimum absolute atomic E-state index is 0.162. The highest BCUT2D eigenvalue weighted by Crippen LogP contribution is 2.44. The first kappa shape index (κ1) is 10.6. The van der Waals surface area contributed by atoms with Crippen LogP contribution in [-0.4, -0.2) is 18.3 Å². The molecule has 1 aliphatic carbocycles. The van der Waals surface area contributed by atoms with Gasteiger partial charge in [-0.05, 0) is 25.0 Å². The number of aliphatic hydroxyl groups excluding tert-OH is 1. The number of rotatable bonds is 5. The van der Waals surface area contributed by atoms with E-state index in [2.05, 4.69) is 11.4 Å². The van der Waals surface area contributed by atoms with Gasteiger partial charge in [-0.3, -0.25) is 0 Å². The second kappa shape index (κ2) is 4.31. The highest BCUT2D eigenvalue weighted by molar-refractivity contribution is 7.12. The van der Waals surface area contributed by atoms with E-state index in [4.69, 9.17) is 10.4 Å². The predicted octanol–water partition coefficient (Wildman–Crippen LogP) is 1.48. The molecular weight excluding hydrogens is 208 g/mol. The van der Waals surface area contributed by atoms with Crippen molar-refractivity contribution < 1.29 is 5.11 Å². The molecule has 0 aromatic carbocycles. The number of nitriles is 1. The number of nitrogens with zero attached hydrogens (tertiary/aromatic N) is 1. The lowest BCUT2D eigenvalue weighted by atomic mass is 10.1. The third-order valence-corrected chi connectivity index (χ3v) is 3.85. The first-order chi connectivity index (χ1) is 7.28. The molecule has 0 atom stereocenters. The molecule has 0 spiro atoms. The van der Waals surface area contributed by atoms with Gasteiger partial charge in [0.1, 0.15) is 10.9 Å². The predicted molar refractivity (Wildman–Crippen MR) is 59.5 cm³/mol. The summed E-state index contributed by atoms with van der Waals surface area (Å²) in [6.45, 7) is 1.96. The van der Waals surface area contributed by atoms with Crippen LogP contribution in [0.15, 0.2) is 12.1 Å². The van der Waals surface area contributed by atoms with Gasteiger partial charge in [0.25, 0.3) is 0 Å². The minimum atomic E-state index is 0.162. The normalized spacial score (nSPS) is 17.3. The Morgan fingerprint density at radius 1 is 1.53 bits per heavy atom. The van der Waals surface area contributed by atoms with Gasteiger partial charge in [0.05, 0.1) is 0 Å². The average molecular weight is 222 g/mol. The number of hydrogen-bond donors (Lipinski definition) is 2. The quantitative estimate of drug-likeness (QED) is 0.793. The molecule has 0 aliphatic heterocycles. The van der Waals surface area contributed by atoms with Crippen LogP contribution in [0.5, 0.6) is 0 Å². The number of nitrogens with one attached hydrogen (secondary N) is 1. The molecule has 0 saturated heterocycles. The van der Waals surface area contributed by atoms with Gasteiger partial charge in [-0.15, -0.1) is 11.3 Å². The van der Waals surface area contributed by atoms with E-state index in [9.17, 15) is 0 Å². The lowest BCUT2D eigenvalue weighted by Crippen LogP contribution is -2.25. The maximum Gasteiger partial charge on any atom is 0.110 e. The lowest BCUT2D eigenvalue weighted by Gasteiger charge is -2.11. The van der Waals surface area contributed by atoms with E-state index < -0.39 is 0 Å². The number of hydrogen-bond acceptors (Lipinski definition) is 4. The molecule has 80 valence electrons. The monoisotopic (exact) mass is 222 g/mol. The minimum Gasteiger partial charge on any atom is -0.396 e. The average Bonchev–Trinajstić information content (AvgIpc) is 2.89. The Hall–Kier alpha value is -0.890. The van der Waals surface area contributed by atoms with Crippen LogP contribution in [-0.2, 0) is 6.54 Å². The van der Waals surface area contributed by atoms with Crippen LogP contribution in [0.25, 0.3) is 0 Å². The molecule has 0 bridgehead atoms. The molecule has 1 fully saturated rings. The summed E-state index contributed by atoms with van der Waals surface area (Å²) in [6, 6.07) is 5.96. The van der Waals surface area contributed by atoms with Crippen molar-refractivity contribution >= 4 is 11.3 Å². The summed E-state index contributed by atoms with van der Waals surface area (Å²) in [4.78, 5) is 1.94. The molecule has 0 amide bonds. The van der Waals surface area contributed by atoms with Crippen molar-refractivity contribution in [3.63, 3.8) is 0 Å². The molecule has 2 N–H and O–H groups in total. The highest BCUT2D eigenvalue weighted by atomic mass is 32.1. The van der Waals surface area contributed by atoms with Crippen molar-refractivity contribution in [2.75, 3.05) is 13.2 Å². The summed E-state index contributed by atoms with van der Waals surface area (Å²) < 4.78 is 0. The van der Waals surface area contributed by atoms with E-state index in [0.29, 0.717) is 0 Å². The van der Waals surface area contributed by atoms with Gasteiger partial charge in [0.2, 0.25) is 0 Å². The zero-order valence-electron chi connectivity index (χ0n) is 8.49. The van der Waals surface area contributed by atoms with E-state index in [0.717, 1.165) is 30.8 Å². The van der Waals surface area contributed by atoms with E-state index in [1.54, 1.807) is 0 Å². The lowest BCUT2D eigenvalue weighted by molar-refractivity contribution is 0.207. The van der Waals surface area contributed by atoms with Crippen LogP contribution in [0.1, 0.15) is 22.6 Å². The van der Waals surface area contributed by atoms with Crippen molar-refractivity contribution in [2.24, 2.45) is 5.41 Å². The molecule has 1 aliphatic rings. The van der Waals surface area contributed by atoms with Crippen molar-refractivity contribution in [1.82, 2.24) is 5.32 Å². The summed E-state index contributed by atoms with van der Waals surface area (Å²) >= 11 is 1.53. The maximum absolute atomic E-state index is 9.12. The number of aliphatic hydroxyl groups is 1. The van der Waals surface area contributed by atoms with Crippen molar-refractivity contribution in [1.29, 1.82) is 5.26 Å². The molecule has 1 saturated carbocycles. The Morgan fingerprint density at radius 2 is 2.33 bits per heavy atom. The van der Waals surface area contributed by atoms with Gasteiger partial charge < -0.3 is 10.4 Å². The Labute approximate surface area is 93.4 Å². The van der Waals surface area contributed by atoms with E-state index in [-0.39, 0.29) is 12.0 Å². The van der Waals surface area contributed by atoms with Crippen LogP contribution in [0.3, 0.4) is 0 Å². The van der Waals surface area contributed by atoms with Crippen LogP contribution >= 0.6 is 11.3 Å². The number of thiophene rings is 1. The second-order valence-corrected chi connectivity index (χ2v) is 5.31. The molecule has 3 nitrogen and oxygen atoms in total. The molecule has 2 rings (SSSR count). The summed E-state index contributed by atoms with van der Waals surface area (Å²) in [6.07, 6.45) is 2.26. The summed E-state index contributed by atoms with van der Waals surface area (Å²) in [5.41, 5.74) is 0.162. The van der Waals surface area contributed by atoms with E-state index in [1.165, 1.54) is 16.2 Å².